The Labute approximate surface area is 179 Å². The van der Waals surface area contributed by atoms with Crippen LogP contribution in [0.5, 0.6) is 0 Å². The lowest BCUT2D eigenvalue weighted by molar-refractivity contribution is -0.143. The number of aliphatic imine (C=N–C) groups is 1. The van der Waals surface area contributed by atoms with E-state index in [4.69, 9.17) is 9.73 Å². The highest BCUT2D eigenvalue weighted by molar-refractivity contribution is 5.79. The standard InChI is InChI=1S/C21H40F3N5O/c1-4-18(5-2)19(29-9-11-30-12-10-29)14-27-20(25-6-3)26-13-17-7-8-28(15-17)16-21(22,23)24/h17-19H,4-16H2,1-3H3,(H2,25,26,27). The predicted octanol–water partition coefficient (Wildman–Crippen LogP) is 2.56. The molecule has 2 heterocycles. The van der Waals surface area contributed by atoms with Gasteiger partial charge in [0.25, 0.3) is 0 Å². The van der Waals surface area contributed by atoms with Crippen LogP contribution in [-0.4, -0.2) is 93.5 Å². The lowest BCUT2D eigenvalue weighted by atomic mass is 9.92. The Kier molecular flexibility index (Phi) is 10.7. The molecule has 0 aromatic heterocycles. The smallest absolute Gasteiger partial charge is 0.379 e. The molecule has 2 N–H and O–H groups in total. The van der Waals surface area contributed by atoms with Crippen LogP contribution in [0.15, 0.2) is 4.99 Å². The minimum atomic E-state index is -4.12. The average molecular weight is 436 g/mol. The Bertz CT molecular complexity index is 507. The zero-order valence-corrected chi connectivity index (χ0v) is 18.8. The van der Waals surface area contributed by atoms with E-state index in [1.165, 1.54) is 4.90 Å². The second-order valence-electron chi connectivity index (χ2n) is 8.40. The zero-order valence-electron chi connectivity index (χ0n) is 18.8. The maximum atomic E-state index is 12.6. The van der Waals surface area contributed by atoms with Crippen molar-refractivity contribution in [2.75, 3.05) is 65.6 Å². The van der Waals surface area contributed by atoms with Gasteiger partial charge in [0.15, 0.2) is 5.96 Å². The largest absolute Gasteiger partial charge is 0.401 e. The minimum absolute atomic E-state index is 0.213. The molecule has 6 nitrogen and oxygen atoms in total. The first kappa shape index (κ1) is 25.2. The molecule has 0 aliphatic carbocycles. The van der Waals surface area contributed by atoms with E-state index in [9.17, 15) is 13.2 Å². The molecule has 2 fully saturated rings. The van der Waals surface area contributed by atoms with Gasteiger partial charge >= 0.3 is 6.18 Å². The van der Waals surface area contributed by atoms with Crippen LogP contribution >= 0.6 is 0 Å². The molecule has 2 rings (SSSR count). The lowest BCUT2D eigenvalue weighted by Gasteiger charge is -2.38. The molecule has 2 aliphatic rings. The van der Waals surface area contributed by atoms with E-state index in [0.717, 1.165) is 58.1 Å². The highest BCUT2D eigenvalue weighted by Crippen LogP contribution is 2.23. The molecule has 0 saturated carbocycles. The highest BCUT2D eigenvalue weighted by Gasteiger charge is 2.34. The van der Waals surface area contributed by atoms with Gasteiger partial charge in [0.05, 0.1) is 26.3 Å². The second kappa shape index (κ2) is 12.7. The lowest BCUT2D eigenvalue weighted by Crippen LogP contribution is -2.49. The first-order chi connectivity index (χ1) is 14.4. The summed E-state index contributed by atoms with van der Waals surface area (Å²) >= 11 is 0. The summed E-state index contributed by atoms with van der Waals surface area (Å²) in [7, 11) is 0. The van der Waals surface area contributed by atoms with Gasteiger partial charge in [-0.05, 0) is 31.7 Å². The third-order valence-electron chi connectivity index (χ3n) is 6.22. The average Bonchev–Trinajstić information content (AvgIpc) is 3.15. The van der Waals surface area contributed by atoms with E-state index in [0.29, 0.717) is 38.1 Å². The summed E-state index contributed by atoms with van der Waals surface area (Å²) in [5.41, 5.74) is 0. The van der Waals surface area contributed by atoms with Crippen LogP contribution in [0.2, 0.25) is 0 Å². The fourth-order valence-electron chi connectivity index (χ4n) is 4.55. The topological polar surface area (TPSA) is 52.1 Å². The van der Waals surface area contributed by atoms with Crippen LogP contribution in [0.3, 0.4) is 0 Å². The van der Waals surface area contributed by atoms with E-state index >= 15 is 0 Å². The van der Waals surface area contributed by atoms with Crippen molar-refractivity contribution in [2.24, 2.45) is 16.8 Å². The van der Waals surface area contributed by atoms with Gasteiger partial charge in [-0.2, -0.15) is 13.2 Å². The normalized spacial score (nSPS) is 23.2. The number of likely N-dealkylation sites (tertiary alicyclic amines) is 1. The number of halogens is 3. The van der Waals surface area contributed by atoms with Crippen molar-refractivity contribution in [3.05, 3.63) is 0 Å². The van der Waals surface area contributed by atoms with E-state index in [-0.39, 0.29) is 5.92 Å². The van der Waals surface area contributed by atoms with Gasteiger partial charge < -0.3 is 15.4 Å². The van der Waals surface area contributed by atoms with Crippen molar-refractivity contribution >= 4 is 5.96 Å². The maximum absolute atomic E-state index is 12.6. The molecule has 0 radical (unpaired) electrons. The number of hydrogen-bond acceptors (Lipinski definition) is 4. The fourth-order valence-corrected chi connectivity index (χ4v) is 4.55. The third-order valence-corrected chi connectivity index (χ3v) is 6.22. The summed E-state index contributed by atoms with van der Waals surface area (Å²) in [5.74, 6) is 1.56. The molecule has 2 aliphatic heterocycles. The van der Waals surface area contributed by atoms with E-state index < -0.39 is 12.7 Å². The minimum Gasteiger partial charge on any atom is -0.379 e. The van der Waals surface area contributed by atoms with Crippen LogP contribution in [0, 0.1) is 11.8 Å². The van der Waals surface area contributed by atoms with E-state index in [2.05, 4.69) is 29.4 Å². The van der Waals surface area contributed by atoms with Crippen molar-refractivity contribution in [3.63, 3.8) is 0 Å². The number of hydrogen-bond donors (Lipinski definition) is 2. The van der Waals surface area contributed by atoms with Gasteiger partial charge in [0.1, 0.15) is 0 Å². The van der Waals surface area contributed by atoms with Crippen molar-refractivity contribution in [3.8, 4) is 0 Å². The maximum Gasteiger partial charge on any atom is 0.401 e. The number of nitrogens with one attached hydrogen (secondary N) is 2. The third kappa shape index (κ3) is 8.59. The molecule has 2 atom stereocenters. The summed E-state index contributed by atoms with van der Waals surface area (Å²) in [6.45, 7) is 12.2. The van der Waals surface area contributed by atoms with Crippen molar-refractivity contribution < 1.29 is 17.9 Å². The Balaban J connectivity index is 1.91. The number of ether oxygens (including phenoxy) is 1. The quantitative estimate of drug-likeness (QED) is 0.408. The molecule has 0 bridgehead atoms. The summed E-state index contributed by atoms with van der Waals surface area (Å²) < 4.78 is 43.3. The predicted molar refractivity (Wildman–Crippen MR) is 115 cm³/mol. The fraction of sp³-hybridized carbons (Fsp3) is 0.952. The Morgan fingerprint density at radius 3 is 2.40 bits per heavy atom. The molecule has 176 valence electrons. The van der Waals surface area contributed by atoms with Gasteiger partial charge in [0.2, 0.25) is 0 Å². The second-order valence-corrected chi connectivity index (χ2v) is 8.40. The van der Waals surface area contributed by atoms with Gasteiger partial charge in [-0.15, -0.1) is 0 Å². The summed E-state index contributed by atoms with van der Waals surface area (Å²) in [6, 6.07) is 0.383. The van der Waals surface area contributed by atoms with Crippen LogP contribution < -0.4 is 10.6 Å². The number of rotatable bonds is 10. The van der Waals surface area contributed by atoms with Crippen molar-refractivity contribution in [1.82, 2.24) is 20.4 Å². The Hall–Kier alpha value is -1.06. The van der Waals surface area contributed by atoms with Gasteiger partial charge in [-0.25, -0.2) is 0 Å². The molecule has 0 aromatic rings. The highest BCUT2D eigenvalue weighted by atomic mass is 19.4. The van der Waals surface area contributed by atoms with Crippen LogP contribution in [-0.2, 0) is 4.74 Å². The number of morpholine rings is 1. The Morgan fingerprint density at radius 1 is 1.10 bits per heavy atom. The molecular weight excluding hydrogens is 395 g/mol. The Morgan fingerprint density at radius 2 is 1.80 bits per heavy atom. The van der Waals surface area contributed by atoms with E-state index in [1.807, 2.05) is 6.92 Å². The SMILES string of the molecule is CCNC(=NCC(C(CC)CC)N1CCOCC1)NCC1CCN(CC(F)(F)F)C1. The summed E-state index contributed by atoms with van der Waals surface area (Å²) in [4.78, 5) is 8.86. The van der Waals surface area contributed by atoms with Gasteiger partial charge in [-0.3, -0.25) is 14.8 Å². The van der Waals surface area contributed by atoms with Crippen molar-refractivity contribution in [1.29, 1.82) is 0 Å². The number of nitrogens with zero attached hydrogens (tertiary/aromatic N) is 3. The van der Waals surface area contributed by atoms with Crippen LogP contribution in [0.25, 0.3) is 0 Å². The number of guanidine groups is 1. The first-order valence-electron chi connectivity index (χ1n) is 11.5. The molecule has 2 saturated heterocycles. The number of alkyl halides is 3. The van der Waals surface area contributed by atoms with Crippen LogP contribution in [0.1, 0.15) is 40.0 Å². The van der Waals surface area contributed by atoms with Gasteiger partial charge in [0, 0.05) is 38.8 Å². The van der Waals surface area contributed by atoms with Crippen LogP contribution in [0.4, 0.5) is 13.2 Å². The first-order valence-corrected chi connectivity index (χ1v) is 11.5. The molecule has 0 aromatic carbocycles. The monoisotopic (exact) mass is 435 g/mol. The molecule has 2 unspecified atom stereocenters. The molecule has 0 spiro atoms. The molecule has 0 amide bonds. The summed E-state index contributed by atoms with van der Waals surface area (Å²) in [6.07, 6.45) is -1.10. The molecule has 9 heteroatoms. The van der Waals surface area contributed by atoms with Gasteiger partial charge in [-0.1, -0.05) is 26.7 Å². The summed E-state index contributed by atoms with van der Waals surface area (Å²) in [5, 5.41) is 6.66. The van der Waals surface area contributed by atoms with E-state index in [1.54, 1.807) is 0 Å². The molecule has 30 heavy (non-hydrogen) atoms. The molecular formula is C21H40F3N5O. The zero-order chi connectivity index (χ0) is 22.0. The van der Waals surface area contributed by atoms with Crippen molar-refractivity contribution in [2.45, 2.75) is 52.3 Å².